The molecule has 88 valence electrons. The van der Waals surface area contributed by atoms with E-state index in [1.165, 1.54) is 0 Å². The summed E-state index contributed by atoms with van der Waals surface area (Å²) in [6, 6.07) is 0.360. The molecule has 0 saturated carbocycles. The highest BCUT2D eigenvalue weighted by Crippen LogP contribution is 1.99. The second kappa shape index (κ2) is 9.97. The van der Waals surface area contributed by atoms with Crippen LogP contribution < -0.4 is 5.32 Å². The van der Waals surface area contributed by atoms with E-state index < -0.39 is 0 Å². The van der Waals surface area contributed by atoms with E-state index >= 15 is 0 Å². The predicted molar refractivity (Wildman–Crippen MR) is 62.6 cm³/mol. The van der Waals surface area contributed by atoms with Gasteiger partial charge in [0.1, 0.15) is 0 Å². The number of hydrogen-bond donors (Lipinski definition) is 1. The van der Waals surface area contributed by atoms with Crippen LogP contribution in [0.25, 0.3) is 0 Å². The summed E-state index contributed by atoms with van der Waals surface area (Å²) >= 11 is 0. The molecule has 1 unspecified atom stereocenters. The van der Waals surface area contributed by atoms with E-state index in [9.17, 15) is 0 Å². The Morgan fingerprint density at radius 1 is 1.20 bits per heavy atom. The molecule has 0 rings (SSSR count). The first-order valence-electron chi connectivity index (χ1n) is 5.68. The lowest BCUT2D eigenvalue weighted by Gasteiger charge is -2.21. The lowest BCUT2D eigenvalue weighted by atomic mass is 10.1. The lowest BCUT2D eigenvalue weighted by Crippen LogP contribution is -2.37. The van der Waals surface area contributed by atoms with Gasteiger partial charge in [-0.3, -0.25) is 0 Å². The van der Waals surface area contributed by atoms with Crippen LogP contribution in [0.4, 0.5) is 0 Å². The van der Waals surface area contributed by atoms with Crippen molar-refractivity contribution in [2.75, 3.05) is 19.8 Å². The van der Waals surface area contributed by atoms with Crippen LogP contribution in [-0.2, 0) is 9.47 Å². The van der Waals surface area contributed by atoms with Crippen molar-refractivity contribution < 1.29 is 9.47 Å². The quantitative estimate of drug-likeness (QED) is 0.468. The van der Waals surface area contributed by atoms with Gasteiger partial charge in [-0.25, -0.2) is 0 Å². The summed E-state index contributed by atoms with van der Waals surface area (Å²) in [4.78, 5) is 0. The molecule has 0 fully saturated rings. The molecule has 0 heterocycles. The van der Waals surface area contributed by atoms with Gasteiger partial charge in [0.2, 0.25) is 0 Å². The van der Waals surface area contributed by atoms with Crippen molar-refractivity contribution in [3.05, 3.63) is 0 Å². The highest BCUT2D eigenvalue weighted by Gasteiger charge is 2.10. The molecule has 3 heteroatoms. The van der Waals surface area contributed by atoms with E-state index in [0.717, 1.165) is 12.8 Å². The molecule has 0 amide bonds. The van der Waals surface area contributed by atoms with Crippen molar-refractivity contribution in [2.24, 2.45) is 0 Å². The maximum atomic E-state index is 5.42. The van der Waals surface area contributed by atoms with Crippen LogP contribution in [0, 0.1) is 12.3 Å². The molecule has 0 aliphatic rings. The monoisotopic (exact) mass is 213 g/mol. The first-order chi connectivity index (χ1) is 7.28. The molecule has 0 aliphatic heterocycles. The Hall–Kier alpha value is -0.560. The molecule has 1 N–H and O–H groups in total. The van der Waals surface area contributed by atoms with Gasteiger partial charge < -0.3 is 14.8 Å². The minimum Gasteiger partial charge on any atom is -0.352 e. The van der Waals surface area contributed by atoms with Gasteiger partial charge in [0, 0.05) is 32.2 Å². The number of terminal acetylenes is 1. The van der Waals surface area contributed by atoms with E-state index in [0.29, 0.717) is 25.8 Å². The third-order valence-electron chi connectivity index (χ3n) is 2.14. The summed E-state index contributed by atoms with van der Waals surface area (Å²) in [6.07, 6.45) is 6.89. The van der Waals surface area contributed by atoms with Crippen LogP contribution in [-0.4, -0.2) is 32.1 Å². The zero-order valence-electron chi connectivity index (χ0n) is 10.1. The third-order valence-corrected chi connectivity index (χ3v) is 2.14. The Morgan fingerprint density at radius 3 is 2.20 bits per heavy atom. The van der Waals surface area contributed by atoms with Crippen LogP contribution in [0.15, 0.2) is 0 Å². The third kappa shape index (κ3) is 7.38. The van der Waals surface area contributed by atoms with Gasteiger partial charge in [-0.2, -0.15) is 0 Å². The maximum absolute atomic E-state index is 5.42. The minimum absolute atomic E-state index is 0.160. The summed E-state index contributed by atoms with van der Waals surface area (Å²) in [5.74, 6) is 2.66. The standard InChI is InChI=1S/C12H23NO2/c1-5-9-11(6-2)13-10-12(14-7-3)15-8-4/h1,11-13H,6-10H2,2-4H3. The Labute approximate surface area is 93.5 Å². The van der Waals surface area contributed by atoms with Gasteiger partial charge >= 0.3 is 0 Å². The average Bonchev–Trinajstić information content (AvgIpc) is 2.24. The Morgan fingerprint density at radius 2 is 1.80 bits per heavy atom. The molecule has 0 aromatic carbocycles. The van der Waals surface area contributed by atoms with Crippen LogP contribution in [0.1, 0.15) is 33.6 Å². The highest BCUT2D eigenvalue weighted by atomic mass is 16.7. The summed E-state index contributed by atoms with van der Waals surface area (Å²) in [5, 5.41) is 3.35. The van der Waals surface area contributed by atoms with E-state index in [1.807, 2.05) is 13.8 Å². The topological polar surface area (TPSA) is 30.5 Å². The van der Waals surface area contributed by atoms with Crippen LogP contribution >= 0.6 is 0 Å². The lowest BCUT2D eigenvalue weighted by molar-refractivity contribution is -0.133. The fourth-order valence-corrected chi connectivity index (χ4v) is 1.30. The Balaban J connectivity index is 3.79. The average molecular weight is 213 g/mol. The van der Waals surface area contributed by atoms with Crippen molar-refractivity contribution in [3.63, 3.8) is 0 Å². The molecule has 0 radical (unpaired) electrons. The zero-order chi connectivity index (χ0) is 11.5. The molecular weight excluding hydrogens is 190 g/mol. The predicted octanol–water partition coefficient (Wildman–Crippen LogP) is 1.78. The van der Waals surface area contributed by atoms with Gasteiger partial charge in [0.15, 0.2) is 6.29 Å². The van der Waals surface area contributed by atoms with Crippen LogP contribution in [0.3, 0.4) is 0 Å². The fraction of sp³-hybridized carbons (Fsp3) is 0.833. The molecule has 0 aromatic rings. The zero-order valence-corrected chi connectivity index (χ0v) is 10.1. The SMILES string of the molecule is C#CCC(CC)NCC(OCC)OCC. The van der Waals surface area contributed by atoms with E-state index in [4.69, 9.17) is 15.9 Å². The molecule has 0 spiro atoms. The molecule has 0 aliphatic carbocycles. The number of hydrogen-bond acceptors (Lipinski definition) is 3. The van der Waals surface area contributed by atoms with Gasteiger partial charge in [0.25, 0.3) is 0 Å². The van der Waals surface area contributed by atoms with Gasteiger partial charge in [-0.05, 0) is 20.3 Å². The van der Waals surface area contributed by atoms with Crippen molar-refractivity contribution in [1.82, 2.24) is 5.32 Å². The Bertz CT molecular complexity index is 171. The molecule has 0 aromatic heterocycles. The molecule has 1 atom stereocenters. The summed E-state index contributed by atoms with van der Waals surface area (Å²) in [7, 11) is 0. The molecule has 15 heavy (non-hydrogen) atoms. The summed E-state index contributed by atoms with van der Waals surface area (Å²) in [6.45, 7) is 8.07. The highest BCUT2D eigenvalue weighted by molar-refractivity contribution is 4.89. The van der Waals surface area contributed by atoms with Gasteiger partial charge in [0.05, 0.1) is 0 Å². The van der Waals surface area contributed by atoms with Crippen molar-refractivity contribution >= 4 is 0 Å². The van der Waals surface area contributed by atoms with Gasteiger partial charge in [-0.1, -0.05) is 6.92 Å². The van der Waals surface area contributed by atoms with E-state index in [2.05, 4.69) is 18.2 Å². The first-order valence-corrected chi connectivity index (χ1v) is 5.68. The van der Waals surface area contributed by atoms with E-state index in [1.54, 1.807) is 0 Å². The largest absolute Gasteiger partial charge is 0.352 e. The normalized spacial score (nSPS) is 12.7. The molecule has 3 nitrogen and oxygen atoms in total. The number of rotatable bonds is 9. The smallest absolute Gasteiger partial charge is 0.169 e. The minimum atomic E-state index is -0.160. The van der Waals surface area contributed by atoms with Crippen LogP contribution in [0.2, 0.25) is 0 Å². The summed E-state index contributed by atoms with van der Waals surface area (Å²) < 4.78 is 10.8. The molecule has 0 bridgehead atoms. The number of nitrogens with one attached hydrogen (secondary N) is 1. The number of ether oxygens (including phenoxy) is 2. The summed E-state index contributed by atoms with van der Waals surface area (Å²) in [5.41, 5.74) is 0. The first kappa shape index (κ1) is 14.4. The fourth-order valence-electron chi connectivity index (χ4n) is 1.30. The van der Waals surface area contributed by atoms with E-state index in [-0.39, 0.29) is 6.29 Å². The van der Waals surface area contributed by atoms with Gasteiger partial charge in [-0.15, -0.1) is 12.3 Å². The second-order valence-electron chi connectivity index (χ2n) is 3.26. The van der Waals surface area contributed by atoms with Crippen molar-refractivity contribution in [1.29, 1.82) is 0 Å². The molecular formula is C12H23NO2. The van der Waals surface area contributed by atoms with Crippen molar-refractivity contribution in [2.45, 2.75) is 45.9 Å². The second-order valence-corrected chi connectivity index (χ2v) is 3.26. The molecule has 0 saturated heterocycles. The maximum Gasteiger partial charge on any atom is 0.169 e. The van der Waals surface area contributed by atoms with Crippen molar-refractivity contribution in [3.8, 4) is 12.3 Å². The van der Waals surface area contributed by atoms with Crippen LogP contribution in [0.5, 0.6) is 0 Å². The Kier molecular flexibility index (Phi) is 9.60.